The first-order chi connectivity index (χ1) is 8.81. The van der Waals surface area contributed by atoms with E-state index in [0.29, 0.717) is 5.92 Å². The average Bonchev–Trinajstić information content (AvgIpc) is 3.02. The van der Waals surface area contributed by atoms with Crippen LogP contribution in [0.1, 0.15) is 12.2 Å². The van der Waals surface area contributed by atoms with E-state index in [2.05, 4.69) is 15.3 Å². The van der Waals surface area contributed by atoms with Crippen molar-refractivity contribution in [1.29, 1.82) is 0 Å². The summed E-state index contributed by atoms with van der Waals surface area (Å²) in [6, 6.07) is 7.82. The summed E-state index contributed by atoms with van der Waals surface area (Å²) in [6.07, 6.45) is 4.18. The third-order valence-corrected chi connectivity index (χ3v) is 3.68. The highest BCUT2D eigenvalue weighted by molar-refractivity contribution is 6.30. The fourth-order valence-electron chi connectivity index (χ4n) is 2.40. The van der Waals surface area contributed by atoms with Crippen LogP contribution in [0.5, 0.6) is 0 Å². The van der Waals surface area contributed by atoms with E-state index in [1.165, 1.54) is 6.42 Å². The van der Waals surface area contributed by atoms with Gasteiger partial charge >= 0.3 is 0 Å². The SMILES string of the molecule is Clc1ccc(-c2cnc(CC3CCNC3)[nH]2)cc1. The Morgan fingerprint density at radius 1 is 1.28 bits per heavy atom. The predicted octanol–water partition coefficient (Wildman–Crippen LogP) is 2.88. The van der Waals surface area contributed by atoms with Crippen LogP contribution in [0, 0.1) is 5.92 Å². The van der Waals surface area contributed by atoms with E-state index in [0.717, 1.165) is 41.6 Å². The van der Waals surface area contributed by atoms with Crippen molar-refractivity contribution >= 4 is 11.6 Å². The van der Waals surface area contributed by atoms with Gasteiger partial charge in [-0.3, -0.25) is 0 Å². The lowest BCUT2D eigenvalue weighted by molar-refractivity contribution is 0.565. The number of imidazole rings is 1. The molecular weight excluding hydrogens is 246 g/mol. The number of rotatable bonds is 3. The molecule has 18 heavy (non-hydrogen) atoms. The van der Waals surface area contributed by atoms with Crippen molar-refractivity contribution in [3.05, 3.63) is 41.3 Å². The van der Waals surface area contributed by atoms with Crippen LogP contribution in [-0.4, -0.2) is 23.1 Å². The first kappa shape index (κ1) is 11.8. The molecule has 1 aromatic carbocycles. The van der Waals surface area contributed by atoms with Gasteiger partial charge in [-0.05, 0) is 43.1 Å². The lowest BCUT2D eigenvalue weighted by Gasteiger charge is -2.04. The summed E-state index contributed by atoms with van der Waals surface area (Å²) >= 11 is 5.88. The van der Waals surface area contributed by atoms with E-state index in [1.807, 2.05) is 30.5 Å². The summed E-state index contributed by atoms with van der Waals surface area (Å²) < 4.78 is 0. The molecule has 0 spiro atoms. The third-order valence-electron chi connectivity index (χ3n) is 3.43. The molecule has 1 atom stereocenters. The quantitative estimate of drug-likeness (QED) is 0.892. The molecule has 3 rings (SSSR count). The van der Waals surface area contributed by atoms with Crippen molar-refractivity contribution in [1.82, 2.24) is 15.3 Å². The van der Waals surface area contributed by atoms with E-state index in [1.54, 1.807) is 0 Å². The second kappa shape index (κ2) is 5.12. The lowest BCUT2D eigenvalue weighted by Crippen LogP contribution is -2.11. The van der Waals surface area contributed by atoms with Crippen molar-refractivity contribution in [3.63, 3.8) is 0 Å². The summed E-state index contributed by atoms with van der Waals surface area (Å²) in [5.74, 6) is 1.79. The molecule has 0 amide bonds. The van der Waals surface area contributed by atoms with Gasteiger partial charge in [0, 0.05) is 11.4 Å². The van der Waals surface area contributed by atoms with Gasteiger partial charge in [-0.2, -0.15) is 0 Å². The number of benzene rings is 1. The van der Waals surface area contributed by atoms with Crippen LogP contribution >= 0.6 is 11.6 Å². The number of aromatic amines is 1. The van der Waals surface area contributed by atoms with Crippen LogP contribution in [0.25, 0.3) is 11.3 Å². The van der Waals surface area contributed by atoms with Crippen LogP contribution in [0.2, 0.25) is 5.02 Å². The highest BCUT2D eigenvalue weighted by Crippen LogP contribution is 2.21. The standard InChI is InChI=1S/C14H16ClN3/c15-12-3-1-11(2-4-12)13-9-17-14(18-13)7-10-5-6-16-8-10/h1-4,9-10,16H,5-8H2,(H,17,18). The lowest BCUT2D eigenvalue weighted by atomic mass is 10.1. The minimum atomic E-state index is 0.717. The van der Waals surface area contributed by atoms with Crippen LogP contribution in [-0.2, 0) is 6.42 Å². The molecular formula is C14H16ClN3. The Balaban J connectivity index is 1.74. The summed E-state index contributed by atoms with van der Waals surface area (Å²) in [6.45, 7) is 2.24. The zero-order chi connectivity index (χ0) is 12.4. The van der Waals surface area contributed by atoms with E-state index in [9.17, 15) is 0 Å². The van der Waals surface area contributed by atoms with E-state index in [-0.39, 0.29) is 0 Å². The topological polar surface area (TPSA) is 40.7 Å². The van der Waals surface area contributed by atoms with Gasteiger partial charge in [0.2, 0.25) is 0 Å². The maximum absolute atomic E-state index is 5.88. The van der Waals surface area contributed by atoms with Crippen molar-refractivity contribution in [2.24, 2.45) is 5.92 Å². The van der Waals surface area contributed by atoms with Crippen LogP contribution in [0.15, 0.2) is 30.5 Å². The average molecular weight is 262 g/mol. The molecule has 1 unspecified atom stereocenters. The molecule has 2 N–H and O–H groups in total. The summed E-state index contributed by atoms with van der Waals surface area (Å²) in [7, 11) is 0. The van der Waals surface area contributed by atoms with Gasteiger partial charge in [-0.1, -0.05) is 23.7 Å². The van der Waals surface area contributed by atoms with Gasteiger partial charge < -0.3 is 10.3 Å². The van der Waals surface area contributed by atoms with Crippen molar-refractivity contribution in [2.75, 3.05) is 13.1 Å². The summed E-state index contributed by atoms with van der Waals surface area (Å²) in [5.41, 5.74) is 2.19. The molecule has 3 nitrogen and oxygen atoms in total. The second-order valence-corrected chi connectivity index (χ2v) is 5.25. The molecule has 94 valence electrons. The first-order valence-corrected chi connectivity index (χ1v) is 6.69. The minimum absolute atomic E-state index is 0.717. The molecule has 1 aromatic heterocycles. The van der Waals surface area contributed by atoms with Crippen LogP contribution in [0.3, 0.4) is 0 Å². The van der Waals surface area contributed by atoms with Crippen LogP contribution in [0.4, 0.5) is 0 Å². The molecule has 1 aliphatic heterocycles. The maximum atomic E-state index is 5.88. The maximum Gasteiger partial charge on any atom is 0.106 e. The number of hydrogen-bond donors (Lipinski definition) is 2. The minimum Gasteiger partial charge on any atom is -0.342 e. The first-order valence-electron chi connectivity index (χ1n) is 6.32. The Morgan fingerprint density at radius 3 is 2.83 bits per heavy atom. The molecule has 2 aromatic rings. The number of halogens is 1. The van der Waals surface area contributed by atoms with E-state index < -0.39 is 0 Å². The van der Waals surface area contributed by atoms with Crippen LogP contribution < -0.4 is 5.32 Å². The Labute approximate surface area is 112 Å². The molecule has 4 heteroatoms. The fraction of sp³-hybridized carbons (Fsp3) is 0.357. The number of aromatic nitrogens is 2. The molecule has 1 aliphatic rings. The second-order valence-electron chi connectivity index (χ2n) is 4.81. The van der Waals surface area contributed by atoms with E-state index >= 15 is 0 Å². The zero-order valence-corrected chi connectivity index (χ0v) is 10.9. The van der Waals surface area contributed by atoms with E-state index in [4.69, 9.17) is 11.6 Å². The normalized spacial score (nSPS) is 19.3. The predicted molar refractivity (Wildman–Crippen MR) is 73.7 cm³/mol. The van der Waals surface area contributed by atoms with Crippen molar-refractivity contribution in [3.8, 4) is 11.3 Å². The number of H-pyrrole nitrogens is 1. The molecule has 0 bridgehead atoms. The van der Waals surface area contributed by atoms with Crippen molar-refractivity contribution < 1.29 is 0 Å². The number of hydrogen-bond acceptors (Lipinski definition) is 2. The van der Waals surface area contributed by atoms with Gasteiger partial charge in [0.1, 0.15) is 5.82 Å². The van der Waals surface area contributed by atoms with Gasteiger partial charge in [0.05, 0.1) is 11.9 Å². The molecule has 1 fully saturated rings. The monoisotopic (exact) mass is 261 g/mol. The van der Waals surface area contributed by atoms with Gasteiger partial charge in [-0.15, -0.1) is 0 Å². The molecule has 0 radical (unpaired) electrons. The Hall–Kier alpha value is -1.32. The van der Waals surface area contributed by atoms with Gasteiger partial charge in [-0.25, -0.2) is 4.98 Å². The zero-order valence-electron chi connectivity index (χ0n) is 10.1. The molecule has 0 aliphatic carbocycles. The Kier molecular flexibility index (Phi) is 3.35. The highest BCUT2D eigenvalue weighted by Gasteiger charge is 2.16. The van der Waals surface area contributed by atoms with Crippen molar-refractivity contribution in [2.45, 2.75) is 12.8 Å². The number of nitrogens with zero attached hydrogens (tertiary/aromatic N) is 1. The largest absolute Gasteiger partial charge is 0.342 e. The molecule has 1 saturated heterocycles. The van der Waals surface area contributed by atoms with Gasteiger partial charge in [0.15, 0.2) is 0 Å². The fourth-order valence-corrected chi connectivity index (χ4v) is 2.53. The summed E-state index contributed by atoms with van der Waals surface area (Å²) in [5, 5.41) is 4.14. The van der Waals surface area contributed by atoms with Gasteiger partial charge in [0.25, 0.3) is 0 Å². The third kappa shape index (κ3) is 2.57. The smallest absolute Gasteiger partial charge is 0.106 e. The Morgan fingerprint density at radius 2 is 2.11 bits per heavy atom. The Bertz CT molecular complexity index is 512. The highest BCUT2D eigenvalue weighted by atomic mass is 35.5. The molecule has 0 saturated carbocycles. The summed E-state index contributed by atoms with van der Waals surface area (Å²) in [4.78, 5) is 7.86. The number of nitrogens with one attached hydrogen (secondary N) is 2. The molecule has 2 heterocycles.